The molecule has 1 aliphatic heterocycles. The van der Waals surface area contributed by atoms with Crippen molar-refractivity contribution in [2.45, 2.75) is 26.3 Å². The van der Waals surface area contributed by atoms with Crippen molar-refractivity contribution in [2.75, 3.05) is 18.8 Å². The van der Waals surface area contributed by atoms with Crippen molar-refractivity contribution >= 4 is 34.1 Å². The van der Waals surface area contributed by atoms with Crippen LogP contribution in [-0.4, -0.2) is 42.5 Å². The number of hydrogen-bond acceptors (Lipinski definition) is 5. The maximum atomic E-state index is 10.8. The van der Waals surface area contributed by atoms with Gasteiger partial charge in [0.25, 0.3) is 0 Å². The van der Waals surface area contributed by atoms with E-state index in [4.69, 9.17) is 12.2 Å². The summed E-state index contributed by atoms with van der Waals surface area (Å²) in [6, 6.07) is 0. The van der Waals surface area contributed by atoms with Crippen LogP contribution in [-0.2, 0) is 6.54 Å². The summed E-state index contributed by atoms with van der Waals surface area (Å²) in [7, 11) is 0. The maximum Gasteiger partial charge on any atom is 0.342 e. The summed E-state index contributed by atoms with van der Waals surface area (Å²) in [5.74, 6) is 1.44. The fraction of sp³-hybridized carbons (Fsp3) is 0.636. The number of nitro groups is 1. The van der Waals surface area contributed by atoms with Crippen molar-refractivity contribution in [1.29, 1.82) is 0 Å². The molecule has 8 heteroatoms. The average Bonchev–Trinajstić information content (AvgIpc) is 2.99. The number of nitrogens with zero attached hydrogens (tertiary/aromatic N) is 4. The summed E-state index contributed by atoms with van der Waals surface area (Å²) in [6.45, 7) is 4.41. The summed E-state index contributed by atoms with van der Waals surface area (Å²) >= 11 is 6.94. The highest BCUT2D eigenvalue weighted by Crippen LogP contribution is 2.18. The van der Waals surface area contributed by atoms with Crippen LogP contribution >= 0.6 is 24.0 Å². The molecule has 6 nitrogen and oxygen atoms in total. The van der Waals surface area contributed by atoms with Crippen LogP contribution in [0.4, 0.5) is 5.82 Å². The minimum Gasteiger partial charge on any atom is -0.358 e. The van der Waals surface area contributed by atoms with Crippen molar-refractivity contribution < 1.29 is 4.92 Å². The van der Waals surface area contributed by atoms with Crippen LogP contribution in [0.2, 0.25) is 0 Å². The highest BCUT2D eigenvalue weighted by Gasteiger charge is 2.18. The SMILES string of the molecule is Cc1ncc([N+](=O)[O-])n1CCSC(=S)N1CCCC1. The molecule has 0 amide bonds. The highest BCUT2D eigenvalue weighted by molar-refractivity contribution is 8.22. The largest absolute Gasteiger partial charge is 0.358 e. The topological polar surface area (TPSA) is 64.2 Å². The summed E-state index contributed by atoms with van der Waals surface area (Å²) in [5, 5.41) is 10.8. The molecule has 0 unspecified atom stereocenters. The Morgan fingerprint density at radius 2 is 2.26 bits per heavy atom. The van der Waals surface area contributed by atoms with Crippen molar-refractivity contribution in [3.63, 3.8) is 0 Å². The summed E-state index contributed by atoms with van der Waals surface area (Å²) < 4.78 is 2.53. The molecular formula is C11H16N4O2S2. The first kappa shape index (κ1) is 14.3. The second-order valence-electron chi connectivity index (χ2n) is 4.38. The molecular weight excluding hydrogens is 284 g/mol. The Balaban J connectivity index is 1.87. The van der Waals surface area contributed by atoms with Gasteiger partial charge < -0.3 is 15.0 Å². The van der Waals surface area contributed by atoms with Gasteiger partial charge in [-0.3, -0.25) is 0 Å². The molecule has 0 spiro atoms. The van der Waals surface area contributed by atoms with E-state index in [1.807, 2.05) is 0 Å². The second kappa shape index (κ2) is 6.33. The predicted molar refractivity (Wildman–Crippen MR) is 79.5 cm³/mol. The predicted octanol–water partition coefficient (Wildman–Crippen LogP) is 2.21. The van der Waals surface area contributed by atoms with Crippen LogP contribution in [0.15, 0.2) is 6.20 Å². The Hall–Kier alpha value is -1.15. The lowest BCUT2D eigenvalue weighted by atomic mass is 10.4. The second-order valence-corrected chi connectivity index (χ2v) is 6.11. The summed E-state index contributed by atoms with van der Waals surface area (Å²) in [4.78, 5) is 16.6. The van der Waals surface area contributed by atoms with Gasteiger partial charge in [-0.05, 0) is 17.8 Å². The van der Waals surface area contributed by atoms with Gasteiger partial charge in [0.05, 0.1) is 0 Å². The third-order valence-corrected chi connectivity index (χ3v) is 4.63. The van der Waals surface area contributed by atoms with E-state index in [1.54, 1.807) is 23.3 Å². The van der Waals surface area contributed by atoms with Crippen molar-refractivity contribution in [1.82, 2.24) is 14.5 Å². The molecule has 2 heterocycles. The monoisotopic (exact) mass is 300 g/mol. The van der Waals surface area contributed by atoms with Crippen LogP contribution in [0, 0.1) is 17.0 Å². The van der Waals surface area contributed by atoms with Gasteiger partial charge in [-0.15, -0.1) is 0 Å². The van der Waals surface area contributed by atoms with E-state index in [0.717, 1.165) is 23.2 Å². The average molecular weight is 300 g/mol. The molecule has 2 rings (SSSR count). The van der Waals surface area contributed by atoms with Crippen LogP contribution in [0.1, 0.15) is 18.7 Å². The van der Waals surface area contributed by atoms with Crippen molar-refractivity contribution in [3.05, 3.63) is 22.1 Å². The van der Waals surface area contributed by atoms with Crippen LogP contribution in [0.5, 0.6) is 0 Å². The molecule has 1 aliphatic rings. The Kier molecular flexibility index (Phi) is 4.76. The standard InChI is InChI=1S/C11H16N4O2S2/c1-9-12-8-10(15(16)17)14(9)6-7-19-11(18)13-4-2-3-5-13/h8H,2-7H2,1H3. The van der Waals surface area contributed by atoms with E-state index in [1.165, 1.54) is 19.0 Å². The molecule has 0 bridgehead atoms. The van der Waals surface area contributed by atoms with E-state index >= 15 is 0 Å². The smallest absolute Gasteiger partial charge is 0.342 e. The lowest BCUT2D eigenvalue weighted by Gasteiger charge is -2.17. The van der Waals surface area contributed by atoms with Crippen LogP contribution < -0.4 is 0 Å². The lowest BCUT2D eigenvalue weighted by Crippen LogP contribution is -2.23. The Labute approximate surface area is 121 Å². The summed E-state index contributed by atoms with van der Waals surface area (Å²) in [5.41, 5.74) is 0. The number of aryl methyl sites for hydroxylation is 1. The Bertz CT molecular complexity index is 483. The zero-order chi connectivity index (χ0) is 13.8. The number of aromatic nitrogens is 2. The molecule has 19 heavy (non-hydrogen) atoms. The van der Waals surface area contributed by atoms with Gasteiger partial charge in [-0.1, -0.05) is 24.0 Å². The fourth-order valence-corrected chi connectivity index (χ4v) is 3.34. The first-order valence-corrected chi connectivity index (χ1v) is 7.57. The number of rotatable bonds is 4. The summed E-state index contributed by atoms with van der Waals surface area (Å²) in [6.07, 6.45) is 3.71. The van der Waals surface area contributed by atoms with E-state index in [0.29, 0.717) is 12.4 Å². The lowest BCUT2D eigenvalue weighted by molar-refractivity contribution is -0.392. The van der Waals surface area contributed by atoms with Crippen molar-refractivity contribution in [2.24, 2.45) is 0 Å². The van der Waals surface area contributed by atoms with E-state index in [-0.39, 0.29) is 5.82 Å². The van der Waals surface area contributed by atoms with Gasteiger partial charge >= 0.3 is 5.82 Å². The number of likely N-dealkylation sites (tertiary alicyclic amines) is 1. The molecule has 0 aromatic carbocycles. The number of imidazole rings is 1. The third-order valence-electron chi connectivity index (χ3n) is 3.13. The molecule has 104 valence electrons. The zero-order valence-electron chi connectivity index (χ0n) is 10.7. The normalized spacial score (nSPS) is 14.9. The van der Waals surface area contributed by atoms with Gasteiger partial charge in [0, 0.05) is 25.8 Å². The molecule has 1 saturated heterocycles. The van der Waals surface area contributed by atoms with Crippen molar-refractivity contribution in [3.8, 4) is 0 Å². The third kappa shape index (κ3) is 3.44. The molecule has 1 aromatic heterocycles. The molecule has 0 aliphatic carbocycles. The zero-order valence-corrected chi connectivity index (χ0v) is 12.4. The molecule has 0 N–H and O–H groups in total. The van der Waals surface area contributed by atoms with Crippen LogP contribution in [0.25, 0.3) is 0 Å². The number of hydrogen-bond donors (Lipinski definition) is 0. The fourth-order valence-electron chi connectivity index (χ4n) is 2.09. The van der Waals surface area contributed by atoms with E-state index < -0.39 is 4.92 Å². The minimum atomic E-state index is -0.399. The Morgan fingerprint density at radius 3 is 2.89 bits per heavy atom. The first-order chi connectivity index (χ1) is 9.09. The van der Waals surface area contributed by atoms with E-state index in [2.05, 4.69) is 9.88 Å². The van der Waals surface area contributed by atoms with Gasteiger partial charge in [0.1, 0.15) is 17.1 Å². The van der Waals surface area contributed by atoms with Gasteiger partial charge in [-0.2, -0.15) is 0 Å². The quantitative estimate of drug-likeness (QED) is 0.482. The molecule has 0 saturated carbocycles. The van der Waals surface area contributed by atoms with Gasteiger partial charge in [-0.25, -0.2) is 9.55 Å². The molecule has 0 atom stereocenters. The Morgan fingerprint density at radius 1 is 1.58 bits per heavy atom. The molecule has 0 radical (unpaired) electrons. The van der Waals surface area contributed by atoms with Gasteiger partial charge in [0.15, 0.2) is 5.82 Å². The van der Waals surface area contributed by atoms with E-state index in [9.17, 15) is 10.1 Å². The van der Waals surface area contributed by atoms with Crippen LogP contribution in [0.3, 0.4) is 0 Å². The highest BCUT2D eigenvalue weighted by atomic mass is 32.2. The first-order valence-electron chi connectivity index (χ1n) is 6.18. The minimum absolute atomic E-state index is 0.0465. The maximum absolute atomic E-state index is 10.8. The number of thiocarbonyl (C=S) groups is 1. The van der Waals surface area contributed by atoms with Gasteiger partial charge in [0.2, 0.25) is 0 Å². The number of thioether (sulfide) groups is 1. The molecule has 1 fully saturated rings. The molecule has 1 aromatic rings.